The monoisotopic (exact) mass is 290 g/mol. The Hall–Kier alpha value is -2.60. The van der Waals surface area contributed by atoms with Gasteiger partial charge in [0.15, 0.2) is 5.84 Å². The van der Waals surface area contributed by atoms with Gasteiger partial charge in [-0.2, -0.15) is 0 Å². The number of nitrogens with one attached hydrogen (secondary N) is 1. The van der Waals surface area contributed by atoms with Gasteiger partial charge < -0.3 is 16.3 Å². The van der Waals surface area contributed by atoms with E-state index in [0.717, 1.165) is 0 Å². The highest BCUT2D eigenvalue weighted by Crippen LogP contribution is 2.21. The van der Waals surface area contributed by atoms with E-state index < -0.39 is 0 Å². The molecule has 0 atom stereocenters. The molecule has 0 fully saturated rings. The van der Waals surface area contributed by atoms with Gasteiger partial charge in [0, 0.05) is 28.5 Å². The maximum absolute atomic E-state index is 12.1. The normalized spacial score (nSPS) is 11.2. The molecule has 2 rings (SSSR count). The number of hydrogen-bond acceptors (Lipinski definition) is 4. The first-order valence-electron chi connectivity index (χ1n) is 5.60. The Morgan fingerprint density at radius 2 is 2.00 bits per heavy atom. The van der Waals surface area contributed by atoms with Gasteiger partial charge in [0.2, 0.25) is 0 Å². The molecule has 1 amide bonds. The fourth-order valence-electron chi connectivity index (χ4n) is 1.59. The smallest absolute Gasteiger partial charge is 0.255 e. The first-order valence-corrected chi connectivity index (χ1v) is 5.98. The van der Waals surface area contributed by atoms with Gasteiger partial charge in [0.05, 0.1) is 5.69 Å². The van der Waals surface area contributed by atoms with Gasteiger partial charge in [-0.3, -0.25) is 9.78 Å². The first-order chi connectivity index (χ1) is 9.61. The zero-order valence-corrected chi connectivity index (χ0v) is 11.0. The molecule has 0 saturated carbocycles. The van der Waals surface area contributed by atoms with Crippen molar-refractivity contribution in [2.24, 2.45) is 10.9 Å². The predicted octanol–water partition coefficient (Wildman–Crippen LogP) is 2.08. The van der Waals surface area contributed by atoms with Crippen LogP contribution < -0.4 is 11.1 Å². The summed E-state index contributed by atoms with van der Waals surface area (Å²) in [5, 5.41) is 14.7. The summed E-state index contributed by atoms with van der Waals surface area (Å²) in [6, 6.07) is 7.80. The predicted molar refractivity (Wildman–Crippen MR) is 76.2 cm³/mol. The molecule has 20 heavy (non-hydrogen) atoms. The van der Waals surface area contributed by atoms with Crippen molar-refractivity contribution < 1.29 is 10.0 Å². The second-order valence-electron chi connectivity index (χ2n) is 3.87. The summed E-state index contributed by atoms with van der Waals surface area (Å²) in [4.78, 5) is 15.9. The number of oxime groups is 1. The lowest BCUT2D eigenvalue weighted by Crippen LogP contribution is -2.19. The number of nitrogens with two attached hydrogens (primary N) is 1. The molecule has 2 aromatic rings. The first kappa shape index (κ1) is 13.8. The number of amides is 1. The van der Waals surface area contributed by atoms with Crippen LogP contribution >= 0.6 is 11.6 Å². The number of nitrogens with zero attached hydrogens (tertiary/aromatic N) is 2. The van der Waals surface area contributed by atoms with Gasteiger partial charge in [0.25, 0.3) is 5.91 Å². The number of benzene rings is 1. The van der Waals surface area contributed by atoms with Crippen molar-refractivity contribution >= 4 is 29.0 Å². The topological polar surface area (TPSA) is 101 Å². The molecule has 0 saturated heterocycles. The fourth-order valence-corrected chi connectivity index (χ4v) is 1.77. The molecular formula is C13H11ClN4O2. The molecular weight excluding hydrogens is 280 g/mol. The lowest BCUT2D eigenvalue weighted by atomic mass is 10.1. The van der Waals surface area contributed by atoms with Crippen LogP contribution in [0.2, 0.25) is 5.02 Å². The van der Waals surface area contributed by atoms with Crippen molar-refractivity contribution in [2.45, 2.75) is 0 Å². The Morgan fingerprint density at radius 1 is 1.30 bits per heavy atom. The summed E-state index contributed by atoms with van der Waals surface area (Å²) >= 11 is 5.89. The number of anilines is 1. The Bertz CT molecular complexity index is 659. The van der Waals surface area contributed by atoms with Gasteiger partial charge in [-0.15, -0.1) is 0 Å². The summed E-state index contributed by atoms with van der Waals surface area (Å²) in [6.07, 6.45) is 3.02. The quantitative estimate of drug-likeness (QED) is 0.349. The number of halogens is 1. The highest BCUT2D eigenvalue weighted by atomic mass is 35.5. The molecule has 0 radical (unpaired) electrons. The van der Waals surface area contributed by atoms with Crippen LogP contribution in [0.5, 0.6) is 0 Å². The molecule has 0 aliphatic heterocycles. The standard InChI is InChI=1S/C13H11ClN4O2/c14-9-1-2-10(12(15)18-20)11(7-9)17-13(19)8-3-5-16-6-4-8/h1-7,20H,(H2,15,18)(H,17,19). The van der Waals surface area contributed by atoms with E-state index in [9.17, 15) is 4.79 Å². The van der Waals surface area contributed by atoms with Crippen LogP contribution in [0.4, 0.5) is 5.69 Å². The zero-order chi connectivity index (χ0) is 14.5. The van der Waals surface area contributed by atoms with E-state index in [4.69, 9.17) is 22.5 Å². The number of carbonyl (C=O) groups is 1. The fraction of sp³-hybridized carbons (Fsp3) is 0. The molecule has 1 heterocycles. The molecule has 102 valence electrons. The van der Waals surface area contributed by atoms with Crippen molar-refractivity contribution in [2.75, 3.05) is 5.32 Å². The molecule has 7 heteroatoms. The van der Waals surface area contributed by atoms with Crippen molar-refractivity contribution in [3.05, 3.63) is 58.9 Å². The molecule has 0 spiro atoms. The maximum Gasteiger partial charge on any atom is 0.255 e. The van der Waals surface area contributed by atoms with Crippen LogP contribution in [0, 0.1) is 0 Å². The van der Waals surface area contributed by atoms with E-state index in [-0.39, 0.29) is 11.7 Å². The van der Waals surface area contributed by atoms with Crippen LogP contribution in [0.15, 0.2) is 47.9 Å². The summed E-state index contributed by atoms with van der Waals surface area (Å²) in [7, 11) is 0. The van der Waals surface area contributed by atoms with Crippen LogP contribution in [0.25, 0.3) is 0 Å². The lowest BCUT2D eigenvalue weighted by Gasteiger charge is -2.10. The van der Waals surface area contributed by atoms with E-state index in [1.54, 1.807) is 24.3 Å². The average molecular weight is 291 g/mol. The molecule has 0 bridgehead atoms. The minimum atomic E-state index is -0.346. The number of amidine groups is 1. The van der Waals surface area contributed by atoms with E-state index in [0.29, 0.717) is 21.8 Å². The molecule has 1 aromatic heterocycles. The minimum absolute atomic E-state index is 0.119. The molecule has 6 nitrogen and oxygen atoms in total. The van der Waals surface area contributed by atoms with Crippen LogP contribution in [-0.2, 0) is 0 Å². The van der Waals surface area contributed by atoms with Gasteiger partial charge in [0.1, 0.15) is 0 Å². The summed E-state index contributed by atoms with van der Waals surface area (Å²) < 4.78 is 0. The molecule has 0 aliphatic carbocycles. The second-order valence-corrected chi connectivity index (χ2v) is 4.30. The summed E-state index contributed by atoms with van der Waals surface area (Å²) in [5.74, 6) is -0.464. The molecule has 0 unspecified atom stereocenters. The number of carbonyl (C=O) groups excluding carboxylic acids is 1. The van der Waals surface area contributed by atoms with Crippen LogP contribution in [-0.4, -0.2) is 21.9 Å². The Morgan fingerprint density at radius 3 is 2.65 bits per heavy atom. The van der Waals surface area contributed by atoms with Gasteiger partial charge >= 0.3 is 0 Å². The highest BCUT2D eigenvalue weighted by molar-refractivity contribution is 6.31. The highest BCUT2D eigenvalue weighted by Gasteiger charge is 2.12. The van der Waals surface area contributed by atoms with Gasteiger partial charge in [-0.25, -0.2) is 0 Å². The van der Waals surface area contributed by atoms with Gasteiger partial charge in [-0.05, 0) is 30.3 Å². The van der Waals surface area contributed by atoms with E-state index in [1.807, 2.05) is 0 Å². The molecule has 0 aliphatic rings. The van der Waals surface area contributed by atoms with Crippen molar-refractivity contribution in [3.8, 4) is 0 Å². The van der Waals surface area contributed by atoms with Crippen molar-refractivity contribution in [1.82, 2.24) is 4.98 Å². The van der Waals surface area contributed by atoms with E-state index in [2.05, 4.69) is 15.5 Å². The Balaban J connectivity index is 2.33. The van der Waals surface area contributed by atoms with E-state index in [1.165, 1.54) is 18.5 Å². The lowest BCUT2D eigenvalue weighted by molar-refractivity contribution is 0.102. The number of hydrogen-bond donors (Lipinski definition) is 3. The Kier molecular flexibility index (Phi) is 4.17. The van der Waals surface area contributed by atoms with Crippen LogP contribution in [0.1, 0.15) is 15.9 Å². The number of rotatable bonds is 3. The summed E-state index contributed by atoms with van der Waals surface area (Å²) in [5.41, 5.74) is 6.72. The van der Waals surface area contributed by atoms with E-state index >= 15 is 0 Å². The third kappa shape index (κ3) is 3.04. The largest absolute Gasteiger partial charge is 0.409 e. The SMILES string of the molecule is NC(=NO)c1ccc(Cl)cc1NC(=O)c1ccncc1. The third-order valence-corrected chi connectivity index (χ3v) is 2.79. The van der Waals surface area contributed by atoms with Crippen molar-refractivity contribution in [3.63, 3.8) is 0 Å². The van der Waals surface area contributed by atoms with Gasteiger partial charge in [-0.1, -0.05) is 16.8 Å². The second kappa shape index (κ2) is 6.03. The molecule has 4 N–H and O–H groups in total. The molecule has 1 aromatic carbocycles. The number of aromatic nitrogens is 1. The number of pyridine rings is 1. The third-order valence-electron chi connectivity index (χ3n) is 2.56. The Labute approximate surface area is 119 Å². The average Bonchev–Trinajstić information content (AvgIpc) is 2.47. The van der Waals surface area contributed by atoms with Crippen molar-refractivity contribution in [1.29, 1.82) is 0 Å². The summed E-state index contributed by atoms with van der Waals surface area (Å²) in [6.45, 7) is 0. The maximum atomic E-state index is 12.1. The van der Waals surface area contributed by atoms with Crippen LogP contribution in [0.3, 0.4) is 0 Å². The zero-order valence-electron chi connectivity index (χ0n) is 10.2. The minimum Gasteiger partial charge on any atom is -0.409 e.